The predicted octanol–water partition coefficient (Wildman–Crippen LogP) is 3.66. The maximum Gasteiger partial charge on any atom is 0.223 e. The van der Waals surface area contributed by atoms with Crippen LogP contribution < -0.4 is 0 Å². The van der Waals surface area contributed by atoms with Gasteiger partial charge in [-0.1, -0.05) is 6.92 Å². The zero-order valence-corrected chi connectivity index (χ0v) is 14.0. The minimum atomic E-state index is -0.423. The van der Waals surface area contributed by atoms with Crippen LogP contribution in [0.3, 0.4) is 0 Å². The van der Waals surface area contributed by atoms with E-state index in [2.05, 4.69) is 4.98 Å². The van der Waals surface area contributed by atoms with E-state index >= 15 is 0 Å². The Morgan fingerprint density at radius 1 is 1.38 bits per heavy atom. The maximum atomic E-state index is 13.6. The van der Waals surface area contributed by atoms with Crippen molar-refractivity contribution in [1.82, 2.24) is 9.55 Å². The second kappa shape index (κ2) is 6.62. The molecule has 1 aromatic carbocycles. The molecular formula is C17H15FN2O3S. The van der Waals surface area contributed by atoms with E-state index < -0.39 is 5.82 Å². The summed E-state index contributed by atoms with van der Waals surface area (Å²) in [7, 11) is 1.54. The summed E-state index contributed by atoms with van der Waals surface area (Å²) >= 11 is 1.12. The van der Waals surface area contributed by atoms with Crippen molar-refractivity contribution in [3.8, 4) is 0 Å². The topological polar surface area (TPSA) is 61.2 Å². The van der Waals surface area contributed by atoms with Crippen LogP contribution in [-0.2, 0) is 11.5 Å². The van der Waals surface area contributed by atoms with E-state index in [4.69, 9.17) is 4.74 Å². The van der Waals surface area contributed by atoms with E-state index in [1.807, 2.05) is 0 Å². The third kappa shape index (κ3) is 2.88. The van der Waals surface area contributed by atoms with Gasteiger partial charge in [0.05, 0.1) is 11.1 Å². The Morgan fingerprint density at radius 2 is 2.17 bits per heavy atom. The summed E-state index contributed by atoms with van der Waals surface area (Å²) in [6, 6.07) is 4.26. The minimum Gasteiger partial charge on any atom is -0.364 e. The molecule has 0 spiro atoms. The van der Waals surface area contributed by atoms with E-state index in [0.717, 1.165) is 11.3 Å². The van der Waals surface area contributed by atoms with Crippen molar-refractivity contribution in [3.05, 3.63) is 51.9 Å². The van der Waals surface area contributed by atoms with Crippen LogP contribution in [0.2, 0.25) is 0 Å². The number of benzene rings is 1. The van der Waals surface area contributed by atoms with Crippen molar-refractivity contribution in [2.24, 2.45) is 0 Å². The van der Waals surface area contributed by atoms with Gasteiger partial charge in [-0.15, -0.1) is 11.3 Å². The van der Waals surface area contributed by atoms with E-state index in [9.17, 15) is 14.0 Å². The standard InChI is InChI=1S/C17H15FN2O3S/c1-3-15(21)13-8-24-17(19-13)16(22)12-7-20(9-23-2)14-5-4-10(18)6-11(12)14/h4-8H,3,9H2,1-2H3. The average molecular weight is 346 g/mol. The van der Waals surface area contributed by atoms with Crippen LogP contribution in [0.4, 0.5) is 4.39 Å². The number of nitrogens with zero attached hydrogens (tertiary/aromatic N) is 2. The molecule has 0 atom stereocenters. The number of carbonyl (C=O) groups is 2. The molecule has 0 N–H and O–H groups in total. The molecule has 0 bridgehead atoms. The van der Waals surface area contributed by atoms with Gasteiger partial charge in [-0.05, 0) is 18.2 Å². The van der Waals surface area contributed by atoms with Crippen LogP contribution in [0, 0.1) is 5.82 Å². The molecule has 5 nitrogen and oxygen atoms in total. The number of ketones is 2. The fraction of sp³-hybridized carbons (Fsp3) is 0.235. The SMILES string of the molecule is CCC(=O)c1csc(C(=O)c2cn(COC)c3ccc(F)cc23)n1. The summed E-state index contributed by atoms with van der Waals surface area (Å²) in [4.78, 5) is 28.6. The number of rotatable bonds is 6. The molecular weight excluding hydrogens is 331 g/mol. The van der Waals surface area contributed by atoms with Crippen molar-refractivity contribution in [1.29, 1.82) is 0 Å². The number of aromatic nitrogens is 2. The second-order valence-electron chi connectivity index (χ2n) is 5.24. The molecule has 0 fully saturated rings. The lowest BCUT2D eigenvalue weighted by atomic mass is 10.1. The summed E-state index contributed by atoms with van der Waals surface area (Å²) in [5.74, 6) is -0.869. The van der Waals surface area contributed by atoms with Gasteiger partial charge in [0.1, 0.15) is 18.2 Å². The molecule has 24 heavy (non-hydrogen) atoms. The Hall–Kier alpha value is -2.38. The van der Waals surface area contributed by atoms with Gasteiger partial charge in [0.25, 0.3) is 0 Å². The molecule has 7 heteroatoms. The second-order valence-corrected chi connectivity index (χ2v) is 6.09. The average Bonchev–Trinajstić information content (AvgIpc) is 3.19. The largest absolute Gasteiger partial charge is 0.364 e. The third-order valence-corrected chi connectivity index (χ3v) is 4.50. The van der Waals surface area contributed by atoms with E-state index in [-0.39, 0.29) is 29.0 Å². The van der Waals surface area contributed by atoms with Crippen LogP contribution in [0.25, 0.3) is 10.9 Å². The van der Waals surface area contributed by atoms with Crippen LogP contribution in [0.5, 0.6) is 0 Å². The van der Waals surface area contributed by atoms with Crippen molar-refractivity contribution >= 4 is 33.8 Å². The van der Waals surface area contributed by atoms with Gasteiger partial charge in [0.15, 0.2) is 10.8 Å². The number of Topliss-reactive ketones (excluding diaryl/α,β-unsaturated/α-hetero) is 1. The Labute approximate surface area is 141 Å². The number of methoxy groups -OCH3 is 1. The smallest absolute Gasteiger partial charge is 0.223 e. The van der Waals surface area contributed by atoms with Crippen LogP contribution >= 0.6 is 11.3 Å². The summed E-state index contributed by atoms with van der Waals surface area (Å²) in [6.45, 7) is 1.98. The molecule has 0 saturated carbocycles. The molecule has 0 unspecified atom stereocenters. The highest BCUT2D eigenvalue weighted by Gasteiger charge is 2.21. The molecule has 0 saturated heterocycles. The molecule has 3 aromatic rings. The summed E-state index contributed by atoms with van der Waals surface area (Å²) < 4.78 is 20.5. The first-order valence-corrected chi connectivity index (χ1v) is 8.23. The molecule has 124 valence electrons. The van der Waals surface area contributed by atoms with Crippen molar-refractivity contribution in [2.75, 3.05) is 7.11 Å². The number of hydrogen-bond acceptors (Lipinski definition) is 5. The summed E-state index contributed by atoms with van der Waals surface area (Å²) in [5.41, 5.74) is 1.33. The molecule has 0 radical (unpaired) electrons. The first-order chi connectivity index (χ1) is 11.5. The highest BCUT2D eigenvalue weighted by molar-refractivity contribution is 7.12. The molecule has 0 aliphatic rings. The van der Waals surface area contributed by atoms with E-state index in [0.29, 0.717) is 22.9 Å². The van der Waals surface area contributed by atoms with Gasteiger partial charge in [-0.25, -0.2) is 9.37 Å². The third-order valence-electron chi connectivity index (χ3n) is 3.66. The molecule has 2 aromatic heterocycles. The normalized spacial score (nSPS) is 11.1. The fourth-order valence-corrected chi connectivity index (χ4v) is 3.27. The van der Waals surface area contributed by atoms with Gasteiger partial charge < -0.3 is 9.30 Å². The lowest BCUT2D eigenvalue weighted by Crippen LogP contribution is -2.03. The van der Waals surface area contributed by atoms with Gasteiger partial charge in [0.2, 0.25) is 5.78 Å². The highest BCUT2D eigenvalue weighted by atomic mass is 32.1. The maximum absolute atomic E-state index is 13.6. The van der Waals surface area contributed by atoms with E-state index in [1.54, 1.807) is 36.2 Å². The summed E-state index contributed by atoms with van der Waals surface area (Å²) in [6.07, 6.45) is 1.95. The van der Waals surface area contributed by atoms with E-state index in [1.165, 1.54) is 12.1 Å². The lowest BCUT2D eigenvalue weighted by Gasteiger charge is -2.02. The first-order valence-electron chi connectivity index (χ1n) is 7.36. The Balaban J connectivity index is 2.07. The predicted molar refractivity (Wildman–Crippen MR) is 89.1 cm³/mol. The van der Waals surface area contributed by atoms with Gasteiger partial charge in [-0.2, -0.15) is 0 Å². The Bertz CT molecular complexity index is 929. The molecule has 0 amide bonds. The zero-order valence-electron chi connectivity index (χ0n) is 13.2. The molecule has 2 heterocycles. The summed E-state index contributed by atoms with van der Waals surface area (Å²) in [5, 5.41) is 2.29. The van der Waals surface area contributed by atoms with Crippen molar-refractivity contribution in [3.63, 3.8) is 0 Å². The molecule has 0 aliphatic heterocycles. The zero-order chi connectivity index (χ0) is 17.3. The fourth-order valence-electron chi connectivity index (χ4n) is 2.50. The number of ether oxygens (including phenoxy) is 1. The van der Waals surface area contributed by atoms with Crippen molar-refractivity contribution < 1.29 is 18.7 Å². The molecule has 0 aliphatic carbocycles. The lowest BCUT2D eigenvalue weighted by molar-refractivity contribution is 0.0984. The number of carbonyl (C=O) groups excluding carboxylic acids is 2. The van der Waals surface area contributed by atoms with Gasteiger partial charge in [0, 0.05) is 30.5 Å². The highest BCUT2D eigenvalue weighted by Crippen LogP contribution is 2.26. The Kier molecular flexibility index (Phi) is 4.55. The molecule has 3 rings (SSSR count). The van der Waals surface area contributed by atoms with Crippen LogP contribution in [-0.4, -0.2) is 28.2 Å². The first kappa shape index (κ1) is 16.5. The quantitative estimate of drug-likeness (QED) is 0.639. The number of halogens is 1. The van der Waals surface area contributed by atoms with Gasteiger partial charge in [-0.3, -0.25) is 9.59 Å². The number of fused-ring (bicyclic) bond motifs is 1. The Morgan fingerprint density at radius 3 is 2.88 bits per heavy atom. The minimum absolute atomic E-state index is 0.113. The van der Waals surface area contributed by atoms with Crippen LogP contribution in [0.1, 0.15) is 39.2 Å². The number of hydrogen-bond donors (Lipinski definition) is 0. The van der Waals surface area contributed by atoms with Gasteiger partial charge >= 0.3 is 0 Å². The van der Waals surface area contributed by atoms with Crippen molar-refractivity contribution in [2.45, 2.75) is 20.1 Å². The van der Waals surface area contributed by atoms with Crippen LogP contribution in [0.15, 0.2) is 29.8 Å². The monoisotopic (exact) mass is 346 g/mol. The number of thiazole rings is 1.